The molecule has 2 aliphatic rings. The molecule has 1 atom stereocenters. The van der Waals surface area contributed by atoms with Crippen molar-refractivity contribution >= 4 is 34.6 Å². The van der Waals surface area contributed by atoms with Crippen LogP contribution in [0.4, 0.5) is 17.1 Å². The van der Waals surface area contributed by atoms with Crippen LogP contribution in [-0.2, 0) is 9.59 Å². The third kappa shape index (κ3) is 3.50. The second kappa shape index (κ2) is 6.99. The number of aliphatic imine (C=N–C) groups is 1. The van der Waals surface area contributed by atoms with Crippen molar-refractivity contribution in [2.45, 2.75) is 33.1 Å². The van der Waals surface area contributed by atoms with Gasteiger partial charge in [-0.2, -0.15) is 0 Å². The van der Waals surface area contributed by atoms with Crippen molar-refractivity contribution < 1.29 is 9.59 Å². The summed E-state index contributed by atoms with van der Waals surface area (Å²) in [6.07, 6.45) is 2.63. The minimum Gasteiger partial charge on any atom is -0.325 e. The number of carbonyl (C=O) groups excluding carboxylic acids is 2. The summed E-state index contributed by atoms with van der Waals surface area (Å²) in [5, 5.41) is 2.93. The molecule has 2 aromatic rings. The SMILES string of the molecule is Cc1cc(C)cc(NC(=O)CN2C(=O)[C@@H]3CCCC3=Nc3ccccc32)c1. The summed E-state index contributed by atoms with van der Waals surface area (Å²) in [7, 11) is 0. The molecule has 0 radical (unpaired) electrons. The summed E-state index contributed by atoms with van der Waals surface area (Å²) in [5.74, 6) is -0.428. The molecular formula is C22H23N3O2. The lowest BCUT2D eigenvalue weighted by molar-refractivity contribution is -0.122. The van der Waals surface area contributed by atoms with E-state index in [2.05, 4.69) is 11.4 Å². The smallest absolute Gasteiger partial charge is 0.244 e. The van der Waals surface area contributed by atoms with Crippen LogP contribution in [0.3, 0.4) is 0 Å². The Hall–Kier alpha value is -2.95. The third-order valence-corrected chi connectivity index (χ3v) is 5.14. The molecule has 0 aromatic heterocycles. The minimum atomic E-state index is -0.204. The predicted molar refractivity (Wildman–Crippen MR) is 108 cm³/mol. The van der Waals surface area contributed by atoms with Crippen LogP contribution in [0.5, 0.6) is 0 Å². The molecule has 138 valence electrons. The van der Waals surface area contributed by atoms with Crippen molar-refractivity contribution in [3.63, 3.8) is 0 Å². The largest absolute Gasteiger partial charge is 0.325 e. The summed E-state index contributed by atoms with van der Waals surface area (Å²) in [5.41, 5.74) is 5.36. The summed E-state index contributed by atoms with van der Waals surface area (Å²) < 4.78 is 0. The highest BCUT2D eigenvalue weighted by Gasteiger charge is 2.37. The van der Waals surface area contributed by atoms with Gasteiger partial charge in [0, 0.05) is 11.4 Å². The Balaban J connectivity index is 1.60. The average Bonchev–Trinajstić information content (AvgIpc) is 3.03. The van der Waals surface area contributed by atoms with Crippen molar-refractivity contribution in [2.24, 2.45) is 10.9 Å². The molecule has 2 aromatic carbocycles. The zero-order valence-electron chi connectivity index (χ0n) is 15.7. The first kappa shape index (κ1) is 17.5. The lowest BCUT2D eigenvalue weighted by atomic mass is 10.1. The van der Waals surface area contributed by atoms with Gasteiger partial charge in [-0.05, 0) is 68.5 Å². The van der Waals surface area contributed by atoms with Crippen LogP contribution < -0.4 is 10.2 Å². The number of amides is 2. The maximum atomic E-state index is 13.2. The third-order valence-electron chi connectivity index (χ3n) is 5.14. The van der Waals surface area contributed by atoms with Crippen LogP contribution in [-0.4, -0.2) is 24.1 Å². The van der Waals surface area contributed by atoms with E-state index in [1.807, 2.05) is 50.2 Å². The Bertz CT molecular complexity index is 928. The molecule has 1 N–H and O–H groups in total. The number of fused-ring (bicyclic) bond motifs is 2. The van der Waals surface area contributed by atoms with E-state index >= 15 is 0 Å². The van der Waals surface area contributed by atoms with Gasteiger partial charge in [0.15, 0.2) is 0 Å². The first-order valence-corrected chi connectivity index (χ1v) is 9.37. The van der Waals surface area contributed by atoms with Crippen LogP contribution in [0.1, 0.15) is 30.4 Å². The van der Waals surface area contributed by atoms with Crippen molar-refractivity contribution in [2.75, 3.05) is 16.8 Å². The molecule has 4 rings (SSSR count). The number of aryl methyl sites for hydroxylation is 2. The Labute approximate surface area is 159 Å². The van der Waals surface area contributed by atoms with E-state index in [0.717, 1.165) is 47.5 Å². The number of benzene rings is 2. The van der Waals surface area contributed by atoms with Crippen molar-refractivity contribution in [1.82, 2.24) is 0 Å². The lowest BCUT2D eigenvalue weighted by Crippen LogP contribution is -2.41. The van der Waals surface area contributed by atoms with Gasteiger partial charge in [0.25, 0.3) is 0 Å². The zero-order valence-corrected chi connectivity index (χ0v) is 15.7. The fraction of sp³-hybridized carbons (Fsp3) is 0.318. The maximum absolute atomic E-state index is 13.2. The normalized spacial score (nSPS) is 18.4. The number of anilines is 2. The molecule has 1 aliphatic heterocycles. The molecule has 5 nitrogen and oxygen atoms in total. The zero-order chi connectivity index (χ0) is 19.0. The molecule has 1 fully saturated rings. The van der Waals surface area contributed by atoms with Gasteiger partial charge < -0.3 is 10.2 Å². The fourth-order valence-electron chi connectivity index (χ4n) is 4.03. The Kier molecular flexibility index (Phi) is 4.52. The van der Waals surface area contributed by atoms with Gasteiger partial charge in [0.05, 0.1) is 17.3 Å². The summed E-state index contributed by atoms with van der Waals surface area (Å²) in [6.45, 7) is 3.98. The summed E-state index contributed by atoms with van der Waals surface area (Å²) in [6, 6.07) is 13.5. The van der Waals surface area contributed by atoms with Crippen molar-refractivity contribution in [3.05, 3.63) is 53.6 Å². The van der Waals surface area contributed by atoms with E-state index < -0.39 is 0 Å². The first-order valence-electron chi connectivity index (χ1n) is 9.37. The minimum absolute atomic E-state index is 0.0118. The van der Waals surface area contributed by atoms with Crippen LogP contribution in [0.15, 0.2) is 47.5 Å². The van der Waals surface area contributed by atoms with Crippen LogP contribution in [0, 0.1) is 19.8 Å². The Morgan fingerprint density at radius 1 is 1.19 bits per heavy atom. The molecule has 5 heteroatoms. The molecule has 2 amide bonds. The van der Waals surface area contributed by atoms with Crippen LogP contribution in [0.25, 0.3) is 0 Å². The number of carbonyl (C=O) groups is 2. The van der Waals surface area contributed by atoms with Gasteiger partial charge in [-0.3, -0.25) is 14.6 Å². The van der Waals surface area contributed by atoms with Gasteiger partial charge in [-0.25, -0.2) is 0 Å². The van der Waals surface area contributed by atoms with Gasteiger partial charge in [-0.1, -0.05) is 18.2 Å². The number of hydrogen-bond donors (Lipinski definition) is 1. The number of rotatable bonds is 3. The number of nitrogens with zero attached hydrogens (tertiary/aromatic N) is 2. The molecule has 0 spiro atoms. The molecule has 1 aliphatic carbocycles. The summed E-state index contributed by atoms with van der Waals surface area (Å²) in [4.78, 5) is 32.2. The number of nitrogens with one attached hydrogen (secondary N) is 1. The average molecular weight is 361 g/mol. The van der Waals surface area contributed by atoms with Gasteiger partial charge >= 0.3 is 0 Å². The first-order chi connectivity index (χ1) is 13.0. The fourth-order valence-corrected chi connectivity index (χ4v) is 4.03. The standard InChI is InChI=1S/C22H23N3O2/c1-14-10-15(2)12-16(11-14)23-21(26)13-25-20-9-4-3-7-19(20)24-18-8-5-6-17(18)22(25)27/h3-4,7,9-12,17H,5-6,8,13H2,1-2H3,(H,23,26)/t17-/m1/s1. The lowest BCUT2D eigenvalue weighted by Gasteiger charge is -2.24. The molecule has 0 bridgehead atoms. The Morgan fingerprint density at radius 2 is 1.93 bits per heavy atom. The maximum Gasteiger partial charge on any atom is 0.244 e. The summed E-state index contributed by atoms with van der Waals surface area (Å²) >= 11 is 0. The highest BCUT2D eigenvalue weighted by atomic mass is 16.2. The number of hydrogen-bond acceptors (Lipinski definition) is 3. The Morgan fingerprint density at radius 3 is 2.70 bits per heavy atom. The van der Waals surface area contributed by atoms with E-state index in [1.54, 1.807) is 4.90 Å². The number of para-hydroxylation sites is 2. The molecular weight excluding hydrogens is 338 g/mol. The quantitative estimate of drug-likeness (QED) is 0.892. The van der Waals surface area contributed by atoms with Crippen LogP contribution >= 0.6 is 0 Å². The molecule has 0 saturated heterocycles. The molecule has 1 saturated carbocycles. The molecule has 1 heterocycles. The van der Waals surface area contributed by atoms with E-state index in [4.69, 9.17) is 4.99 Å². The van der Waals surface area contributed by atoms with E-state index in [9.17, 15) is 9.59 Å². The molecule has 27 heavy (non-hydrogen) atoms. The van der Waals surface area contributed by atoms with Gasteiger partial charge in [0.2, 0.25) is 11.8 Å². The molecule has 0 unspecified atom stereocenters. The second-order valence-corrected chi connectivity index (χ2v) is 7.39. The second-order valence-electron chi connectivity index (χ2n) is 7.39. The van der Waals surface area contributed by atoms with Gasteiger partial charge in [0.1, 0.15) is 6.54 Å². The highest BCUT2D eigenvalue weighted by molar-refractivity contribution is 6.16. The van der Waals surface area contributed by atoms with E-state index in [-0.39, 0.29) is 24.3 Å². The van der Waals surface area contributed by atoms with E-state index in [0.29, 0.717) is 5.69 Å². The monoisotopic (exact) mass is 361 g/mol. The van der Waals surface area contributed by atoms with Crippen LogP contribution in [0.2, 0.25) is 0 Å². The van der Waals surface area contributed by atoms with Crippen molar-refractivity contribution in [3.8, 4) is 0 Å². The highest BCUT2D eigenvalue weighted by Crippen LogP contribution is 2.37. The van der Waals surface area contributed by atoms with Gasteiger partial charge in [-0.15, -0.1) is 0 Å². The topological polar surface area (TPSA) is 61.8 Å². The van der Waals surface area contributed by atoms with Crippen molar-refractivity contribution in [1.29, 1.82) is 0 Å². The predicted octanol–water partition coefficient (Wildman–Crippen LogP) is 4.16. The van der Waals surface area contributed by atoms with E-state index in [1.165, 1.54) is 0 Å².